The zero-order valence-electron chi connectivity index (χ0n) is 17.5. The molecule has 0 aromatic carbocycles. The lowest BCUT2D eigenvalue weighted by molar-refractivity contribution is -0.123. The molecule has 3 rings (SSSR count). The summed E-state index contributed by atoms with van der Waals surface area (Å²) in [6, 6.07) is 4.62. The van der Waals surface area contributed by atoms with Gasteiger partial charge in [-0.2, -0.15) is 0 Å². The summed E-state index contributed by atoms with van der Waals surface area (Å²) in [4.78, 5) is 40.1. The van der Waals surface area contributed by atoms with Gasteiger partial charge in [0.15, 0.2) is 0 Å². The molecule has 10 heteroatoms. The number of likely N-dealkylation sites (tertiary alicyclic amines) is 1. The van der Waals surface area contributed by atoms with Crippen molar-refractivity contribution in [2.75, 3.05) is 50.7 Å². The summed E-state index contributed by atoms with van der Waals surface area (Å²) in [6.45, 7) is 7.98. The van der Waals surface area contributed by atoms with Crippen LogP contribution in [0, 0.1) is 0 Å². The number of likely N-dealkylation sites (N-methyl/N-ethyl adjacent to an activating group) is 1. The number of urea groups is 1. The monoisotopic (exact) mass is 423 g/mol. The molecule has 0 spiro atoms. The first-order valence-electron chi connectivity index (χ1n) is 10.2. The molecule has 0 radical (unpaired) electrons. The van der Waals surface area contributed by atoms with Crippen molar-refractivity contribution in [1.82, 2.24) is 20.1 Å². The highest BCUT2D eigenvalue weighted by Gasteiger charge is 2.24. The van der Waals surface area contributed by atoms with Crippen LogP contribution in [0.2, 0.25) is 0 Å². The van der Waals surface area contributed by atoms with Crippen molar-refractivity contribution in [3.8, 4) is 0 Å². The largest absolute Gasteiger partial charge is 0.483 e. The molecule has 2 aliphatic heterocycles. The van der Waals surface area contributed by atoms with Crippen LogP contribution in [-0.2, 0) is 9.59 Å². The second-order valence-corrected chi connectivity index (χ2v) is 6.86. The molecule has 30 heavy (non-hydrogen) atoms. The molecule has 10 nitrogen and oxygen atoms in total. The lowest BCUT2D eigenvalue weighted by atomic mass is 10.0. The van der Waals surface area contributed by atoms with Crippen molar-refractivity contribution in [3.63, 3.8) is 0 Å². The summed E-state index contributed by atoms with van der Waals surface area (Å²) in [5.41, 5.74) is 1.14. The summed E-state index contributed by atoms with van der Waals surface area (Å²) >= 11 is 0. The Morgan fingerprint density at radius 2 is 1.83 bits per heavy atom. The maximum absolute atomic E-state index is 12.4. The van der Waals surface area contributed by atoms with E-state index in [0.717, 1.165) is 45.0 Å². The number of nitrogens with zero attached hydrogens (tertiary/aromatic N) is 4. The quantitative estimate of drug-likeness (QED) is 0.617. The first-order valence-corrected chi connectivity index (χ1v) is 10.2. The van der Waals surface area contributed by atoms with Gasteiger partial charge in [-0.25, -0.2) is 4.79 Å². The van der Waals surface area contributed by atoms with Crippen LogP contribution in [0.1, 0.15) is 26.2 Å². The minimum absolute atomic E-state index is 0.0856. The molecule has 1 aromatic heterocycles. The van der Waals surface area contributed by atoms with E-state index in [0.29, 0.717) is 6.04 Å². The molecular weight excluding hydrogens is 390 g/mol. The van der Waals surface area contributed by atoms with E-state index in [4.69, 9.17) is 19.8 Å². The topological polar surface area (TPSA) is 126 Å². The van der Waals surface area contributed by atoms with Gasteiger partial charge in [-0.05, 0) is 38.1 Å². The number of carbonyl (C=O) groups excluding carboxylic acids is 1. The van der Waals surface area contributed by atoms with Crippen molar-refractivity contribution in [1.29, 1.82) is 0 Å². The van der Waals surface area contributed by atoms with Gasteiger partial charge in [0.05, 0.1) is 11.9 Å². The summed E-state index contributed by atoms with van der Waals surface area (Å²) in [7, 11) is 0. The minimum atomic E-state index is -0.250. The molecule has 2 amide bonds. The van der Waals surface area contributed by atoms with Crippen LogP contribution in [-0.4, -0.2) is 95.8 Å². The van der Waals surface area contributed by atoms with Gasteiger partial charge in [0, 0.05) is 45.0 Å². The molecular formula is C20H33N5O5. The zero-order chi connectivity index (χ0) is 22.2. The van der Waals surface area contributed by atoms with Crippen LogP contribution in [0.15, 0.2) is 24.5 Å². The molecule has 2 aliphatic rings. The normalized spacial score (nSPS) is 18.8. The highest BCUT2D eigenvalue weighted by Crippen LogP contribution is 2.16. The van der Waals surface area contributed by atoms with Gasteiger partial charge in [0.1, 0.15) is 0 Å². The molecule has 1 aromatic rings. The summed E-state index contributed by atoms with van der Waals surface area (Å²) in [6.07, 6.45) is 7.44. The molecule has 0 bridgehead atoms. The Labute approximate surface area is 177 Å². The number of aromatic nitrogens is 1. The Bertz CT molecular complexity index is 605. The fraction of sp³-hybridized carbons (Fsp3) is 0.600. The number of pyridine rings is 1. The third-order valence-corrected chi connectivity index (χ3v) is 5.22. The summed E-state index contributed by atoms with van der Waals surface area (Å²) in [5, 5.41) is 16.9. The lowest BCUT2D eigenvalue weighted by Crippen LogP contribution is -2.54. The number of nitrogens with one attached hydrogen (secondary N) is 1. The van der Waals surface area contributed by atoms with Gasteiger partial charge in [-0.1, -0.05) is 13.3 Å². The fourth-order valence-corrected chi connectivity index (χ4v) is 3.73. The fourth-order valence-electron chi connectivity index (χ4n) is 3.73. The molecule has 2 fully saturated rings. The standard InChI is InChI=1S/C18H29N5O.2CH2O2/c1-2-21-9-4-3-6-17(21)15-20-18(24)23-12-10-22(11-13-23)16-7-5-8-19-14-16;2*2-1-3/h5,7-8,14,17H,2-4,6,9-13,15H2,1H3,(H,20,24);2*1H,(H,2,3). The Hall–Kier alpha value is -2.88. The number of amides is 2. The second-order valence-electron chi connectivity index (χ2n) is 6.86. The van der Waals surface area contributed by atoms with Gasteiger partial charge in [-0.3, -0.25) is 19.5 Å². The van der Waals surface area contributed by atoms with Crippen molar-refractivity contribution in [3.05, 3.63) is 24.5 Å². The van der Waals surface area contributed by atoms with Crippen molar-refractivity contribution in [2.24, 2.45) is 0 Å². The first-order chi connectivity index (χ1) is 14.6. The molecule has 0 aliphatic carbocycles. The van der Waals surface area contributed by atoms with Gasteiger partial charge < -0.3 is 25.3 Å². The van der Waals surface area contributed by atoms with Crippen LogP contribution < -0.4 is 10.2 Å². The van der Waals surface area contributed by atoms with E-state index in [1.807, 2.05) is 17.2 Å². The molecule has 1 unspecified atom stereocenters. The number of piperidine rings is 1. The van der Waals surface area contributed by atoms with E-state index in [-0.39, 0.29) is 19.0 Å². The molecule has 3 heterocycles. The van der Waals surface area contributed by atoms with Crippen molar-refractivity contribution < 1.29 is 24.6 Å². The third kappa shape index (κ3) is 8.64. The van der Waals surface area contributed by atoms with Crippen molar-refractivity contribution in [2.45, 2.75) is 32.2 Å². The number of piperazine rings is 1. The third-order valence-electron chi connectivity index (χ3n) is 5.22. The van der Waals surface area contributed by atoms with E-state index in [9.17, 15) is 4.79 Å². The average molecular weight is 424 g/mol. The van der Waals surface area contributed by atoms with Crippen LogP contribution >= 0.6 is 0 Å². The molecule has 2 saturated heterocycles. The number of hydrogen-bond acceptors (Lipinski definition) is 6. The molecule has 3 N–H and O–H groups in total. The maximum atomic E-state index is 12.4. The predicted molar refractivity (Wildman–Crippen MR) is 114 cm³/mol. The Kier molecular flexibility index (Phi) is 12.6. The number of hydrogen-bond donors (Lipinski definition) is 3. The average Bonchev–Trinajstić information content (AvgIpc) is 2.79. The highest BCUT2D eigenvalue weighted by atomic mass is 16.3. The number of carbonyl (C=O) groups is 3. The van der Waals surface area contributed by atoms with Crippen LogP contribution in [0.5, 0.6) is 0 Å². The smallest absolute Gasteiger partial charge is 0.317 e. The Morgan fingerprint density at radius 3 is 2.40 bits per heavy atom. The van der Waals surface area contributed by atoms with E-state index < -0.39 is 0 Å². The van der Waals surface area contributed by atoms with Gasteiger partial charge in [0.2, 0.25) is 0 Å². The van der Waals surface area contributed by atoms with Crippen LogP contribution in [0.4, 0.5) is 10.5 Å². The molecule has 0 saturated carbocycles. The highest BCUT2D eigenvalue weighted by molar-refractivity contribution is 5.74. The SMILES string of the molecule is CCN1CCCCC1CNC(=O)N1CCN(c2cccnc2)CC1.O=CO.O=CO. The Morgan fingerprint density at radius 1 is 1.17 bits per heavy atom. The zero-order valence-corrected chi connectivity index (χ0v) is 17.5. The number of anilines is 1. The second kappa shape index (κ2) is 15.0. The number of carboxylic acid groups (broad SMARTS) is 2. The maximum Gasteiger partial charge on any atom is 0.317 e. The van der Waals surface area contributed by atoms with Crippen LogP contribution in [0.25, 0.3) is 0 Å². The van der Waals surface area contributed by atoms with Gasteiger partial charge >= 0.3 is 6.03 Å². The van der Waals surface area contributed by atoms with Gasteiger partial charge in [-0.15, -0.1) is 0 Å². The minimum Gasteiger partial charge on any atom is -0.483 e. The molecule has 168 valence electrons. The first kappa shape index (κ1) is 25.2. The van der Waals surface area contributed by atoms with Crippen LogP contribution in [0.3, 0.4) is 0 Å². The molecule has 1 atom stereocenters. The van der Waals surface area contributed by atoms with E-state index >= 15 is 0 Å². The van der Waals surface area contributed by atoms with Crippen molar-refractivity contribution >= 4 is 24.7 Å². The van der Waals surface area contributed by atoms with E-state index in [2.05, 4.69) is 33.1 Å². The summed E-state index contributed by atoms with van der Waals surface area (Å²) < 4.78 is 0. The predicted octanol–water partition coefficient (Wildman–Crippen LogP) is 1.19. The number of rotatable bonds is 4. The van der Waals surface area contributed by atoms with E-state index in [1.54, 1.807) is 6.20 Å². The van der Waals surface area contributed by atoms with Gasteiger partial charge in [0.25, 0.3) is 12.9 Å². The van der Waals surface area contributed by atoms with E-state index in [1.165, 1.54) is 25.8 Å². The lowest BCUT2D eigenvalue weighted by Gasteiger charge is -2.37. The summed E-state index contributed by atoms with van der Waals surface area (Å²) in [5.74, 6) is 0. The Balaban J connectivity index is 0.000000672.